The molecule has 0 saturated carbocycles. The first-order valence-corrected chi connectivity index (χ1v) is 8.51. The van der Waals surface area contributed by atoms with Crippen LogP contribution in [0.1, 0.15) is 35.3 Å². The SMILES string of the molecule is C[C@H](C[C@@H](OC(=N)N)C(F)(F)F)c1cc(NC(=O)c2ccc(Cl)cn2)cnc1F. The molecule has 0 aliphatic rings. The van der Waals surface area contributed by atoms with Gasteiger partial charge < -0.3 is 15.8 Å². The van der Waals surface area contributed by atoms with Gasteiger partial charge in [-0.25, -0.2) is 9.97 Å². The average Bonchev–Trinajstić information content (AvgIpc) is 2.62. The Hall–Kier alpha value is -2.95. The van der Waals surface area contributed by atoms with Crippen molar-refractivity contribution < 1.29 is 27.1 Å². The van der Waals surface area contributed by atoms with Gasteiger partial charge in [0.15, 0.2) is 6.10 Å². The van der Waals surface area contributed by atoms with Crippen molar-refractivity contribution >= 4 is 29.2 Å². The Balaban J connectivity index is 2.19. The van der Waals surface area contributed by atoms with Crippen LogP contribution >= 0.6 is 11.6 Å². The summed E-state index contributed by atoms with van der Waals surface area (Å²) in [6.07, 6.45) is -5.63. The Morgan fingerprint density at radius 1 is 1.34 bits per heavy atom. The van der Waals surface area contributed by atoms with Crippen molar-refractivity contribution in [2.45, 2.75) is 31.5 Å². The van der Waals surface area contributed by atoms with Gasteiger partial charge in [0.25, 0.3) is 11.9 Å². The lowest BCUT2D eigenvalue weighted by Gasteiger charge is -2.24. The molecule has 0 aliphatic heterocycles. The molecule has 1 amide bonds. The molecule has 12 heteroatoms. The number of nitrogens with one attached hydrogen (secondary N) is 2. The number of anilines is 1. The number of rotatable bonds is 6. The largest absolute Gasteiger partial charge is 0.453 e. The Morgan fingerprint density at radius 2 is 2.03 bits per heavy atom. The topological polar surface area (TPSA) is 114 Å². The van der Waals surface area contributed by atoms with Crippen LogP contribution in [0.5, 0.6) is 0 Å². The second kappa shape index (κ2) is 9.03. The van der Waals surface area contributed by atoms with Crippen molar-refractivity contribution in [3.8, 4) is 0 Å². The lowest BCUT2D eigenvalue weighted by atomic mass is 9.95. The molecule has 0 aromatic carbocycles. The number of pyridine rings is 2. The highest BCUT2D eigenvalue weighted by molar-refractivity contribution is 6.30. The van der Waals surface area contributed by atoms with Gasteiger partial charge in [-0.15, -0.1) is 0 Å². The first-order valence-electron chi connectivity index (χ1n) is 8.13. The number of amidine groups is 1. The van der Waals surface area contributed by atoms with Crippen molar-refractivity contribution in [2.75, 3.05) is 5.32 Å². The molecule has 0 aliphatic carbocycles. The maximum atomic E-state index is 14.1. The number of carbonyl (C=O) groups is 1. The van der Waals surface area contributed by atoms with Crippen LogP contribution in [0.25, 0.3) is 0 Å². The zero-order valence-corrected chi connectivity index (χ0v) is 15.7. The predicted molar refractivity (Wildman–Crippen MR) is 97.3 cm³/mol. The van der Waals surface area contributed by atoms with E-state index in [2.05, 4.69) is 20.0 Å². The number of amides is 1. The summed E-state index contributed by atoms with van der Waals surface area (Å²) in [6.45, 7) is 1.33. The summed E-state index contributed by atoms with van der Waals surface area (Å²) < 4.78 is 57.6. The van der Waals surface area contributed by atoms with E-state index in [1.165, 1.54) is 31.3 Å². The molecule has 0 unspecified atom stereocenters. The van der Waals surface area contributed by atoms with E-state index in [-0.39, 0.29) is 16.9 Å². The van der Waals surface area contributed by atoms with Crippen molar-refractivity contribution in [2.24, 2.45) is 5.73 Å². The predicted octanol–water partition coefficient (Wildman–Crippen LogP) is 3.86. The Kier molecular flexibility index (Phi) is 6.96. The lowest BCUT2D eigenvalue weighted by molar-refractivity contribution is -0.202. The number of hydrogen-bond donors (Lipinski definition) is 3. The van der Waals surface area contributed by atoms with Crippen LogP contribution in [-0.4, -0.2) is 34.2 Å². The summed E-state index contributed by atoms with van der Waals surface area (Å²) in [7, 11) is 0. The molecule has 4 N–H and O–H groups in total. The van der Waals surface area contributed by atoms with Crippen LogP contribution < -0.4 is 11.1 Å². The fourth-order valence-electron chi connectivity index (χ4n) is 2.43. The fraction of sp³-hybridized carbons (Fsp3) is 0.294. The molecule has 0 fully saturated rings. The molecular weight excluding hydrogens is 418 g/mol. The summed E-state index contributed by atoms with van der Waals surface area (Å²) in [4.78, 5) is 19.5. The van der Waals surface area contributed by atoms with Gasteiger partial charge in [-0.3, -0.25) is 10.2 Å². The third-order valence-electron chi connectivity index (χ3n) is 3.82. The zero-order valence-electron chi connectivity index (χ0n) is 14.9. The van der Waals surface area contributed by atoms with Crippen molar-refractivity contribution in [3.05, 3.63) is 52.8 Å². The van der Waals surface area contributed by atoms with Crippen LogP contribution in [0.3, 0.4) is 0 Å². The first-order chi connectivity index (χ1) is 13.5. The highest BCUT2D eigenvalue weighted by Crippen LogP contribution is 2.33. The smallest absolute Gasteiger partial charge is 0.425 e. The molecule has 0 spiro atoms. The van der Waals surface area contributed by atoms with Crippen LogP contribution in [0, 0.1) is 11.4 Å². The molecule has 2 aromatic rings. The van der Waals surface area contributed by atoms with Crippen molar-refractivity contribution in [1.29, 1.82) is 5.41 Å². The number of nitrogens with zero attached hydrogens (tertiary/aromatic N) is 2. The second-order valence-corrected chi connectivity index (χ2v) is 6.51. The van der Waals surface area contributed by atoms with E-state index in [1.807, 2.05) is 0 Å². The normalized spacial score (nSPS) is 13.4. The van der Waals surface area contributed by atoms with Crippen LogP contribution in [0.2, 0.25) is 5.02 Å². The number of nitrogens with two attached hydrogens (primary N) is 1. The van der Waals surface area contributed by atoms with Crippen LogP contribution in [-0.2, 0) is 4.74 Å². The minimum atomic E-state index is -4.81. The molecular formula is C17H16ClF4N5O2. The minimum Gasteiger partial charge on any atom is -0.453 e. The molecule has 0 saturated heterocycles. The number of halogens is 5. The molecule has 2 atom stereocenters. The van der Waals surface area contributed by atoms with E-state index in [0.29, 0.717) is 5.02 Å². The number of ether oxygens (including phenoxy) is 1. The van der Waals surface area contributed by atoms with Crippen LogP contribution in [0.15, 0.2) is 30.6 Å². The maximum absolute atomic E-state index is 14.1. The molecule has 2 heterocycles. The van der Waals surface area contributed by atoms with Gasteiger partial charge in [0.2, 0.25) is 5.95 Å². The lowest BCUT2D eigenvalue weighted by Crippen LogP contribution is -2.37. The molecule has 29 heavy (non-hydrogen) atoms. The van der Waals surface area contributed by atoms with E-state index in [1.54, 1.807) is 0 Å². The van der Waals surface area contributed by atoms with E-state index in [4.69, 9.17) is 22.7 Å². The number of aromatic nitrogens is 2. The van der Waals surface area contributed by atoms with Gasteiger partial charge in [-0.1, -0.05) is 18.5 Å². The van der Waals surface area contributed by atoms with E-state index < -0.39 is 42.5 Å². The summed E-state index contributed by atoms with van der Waals surface area (Å²) in [6, 6.07) is 2.88. The summed E-state index contributed by atoms with van der Waals surface area (Å²) in [5.41, 5.74) is 4.81. The molecule has 0 radical (unpaired) electrons. The summed E-state index contributed by atoms with van der Waals surface area (Å²) in [5, 5.41) is 9.67. The highest BCUT2D eigenvalue weighted by Gasteiger charge is 2.43. The number of hydrogen-bond acceptors (Lipinski definition) is 5. The Morgan fingerprint density at radius 3 is 2.59 bits per heavy atom. The average molecular weight is 434 g/mol. The molecule has 2 rings (SSSR count). The maximum Gasteiger partial charge on any atom is 0.425 e. The van der Waals surface area contributed by atoms with Gasteiger partial charge >= 0.3 is 6.18 Å². The molecule has 156 valence electrons. The number of alkyl halides is 3. The van der Waals surface area contributed by atoms with E-state index >= 15 is 0 Å². The third-order valence-corrected chi connectivity index (χ3v) is 4.04. The summed E-state index contributed by atoms with van der Waals surface area (Å²) in [5.74, 6) is -2.65. The quantitative estimate of drug-likeness (QED) is 0.277. The van der Waals surface area contributed by atoms with Crippen molar-refractivity contribution in [1.82, 2.24) is 9.97 Å². The standard InChI is InChI=1S/C17H16ClF4N5O2/c1-8(4-13(17(20,21)22)29-16(23)24)11-5-10(7-26-14(11)19)27-15(28)12-3-2-9(18)6-25-12/h2-3,5-8,13H,4H2,1H3,(H3,23,24)(H,27,28)/t8-,13-/m1/s1. The highest BCUT2D eigenvalue weighted by atomic mass is 35.5. The van der Waals surface area contributed by atoms with E-state index in [9.17, 15) is 22.4 Å². The van der Waals surface area contributed by atoms with Gasteiger partial charge in [-0.05, 0) is 24.1 Å². The Bertz CT molecular complexity index is 892. The molecule has 7 nitrogen and oxygen atoms in total. The molecule has 0 bridgehead atoms. The fourth-order valence-corrected chi connectivity index (χ4v) is 2.55. The van der Waals surface area contributed by atoms with Gasteiger partial charge in [0.1, 0.15) is 5.69 Å². The zero-order chi connectivity index (χ0) is 21.8. The third kappa shape index (κ3) is 6.28. The summed E-state index contributed by atoms with van der Waals surface area (Å²) >= 11 is 5.70. The monoisotopic (exact) mass is 433 g/mol. The van der Waals surface area contributed by atoms with Crippen LogP contribution in [0.4, 0.5) is 23.2 Å². The van der Waals surface area contributed by atoms with Gasteiger partial charge in [-0.2, -0.15) is 17.6 Å². The minimum absolute atomic E-state index is 0.0281. The second-order valence-electron chi connectivity index (χ2n) is 6.07. The number of carbonyl (C=O) groups excluding carboxylic acids is 1. The van der Waals surface area contributed by atoms with Crippen molar-refractivity contribution in [3.63, 3.8) is 0 Å². The molecule has 2 aromatic heterocycles. The van der Waals surface area contributed by atoms with Gasteiger partial charge in [0.05, 0.1) is 16.9 Å². The first kappa shape index (κ1) is 22.3. The Labute approximate surface area is 167 Å². The van der Waals surface area contributed by atoms with Gasteiger partial charge in [0, 0.05) is 18.2 Å². The van der Waals surface area contributed by atoms with E-state index in [0.717, 1.165) is 6.20 Å².